The summed E-state index contributed by atoms with van der Waals surface area (Å²) in [5, 5.41) is 0. The lowest BCUT2D eigenvalue weighted by atomic mass is 10.1. The first-order valence-corrected chi connectivity index (χ1v) is 3.43. The van der Waals surface area contributed by atoms with Gasteiger partial charge in [0.15, 0.2) is 0 Å². The van der Waals surface area contributed by atoms with Crippen LogP contribution >= 0.6 is 0 Å². The van der Waals surface area contributed by atoms with E-state index in [9.17, 15) is 9.18 Å². The second-order valence-electron chi connectivity index (χ2n) is 2.40. The zero-order chi connectivity index (χ0) is 8.27. The molecule has 0 spiro atoms. The highest BCUT2D eigenvalue weighted by atomic mass is 19.1. The van der Waals surface area contributed by atoms with Gasteiger partial charge in [0.1, 0.15) is 12.5 Å². The Bertz CT molecular complexity index is 238. The van der Waals surface area contributed by atoms with E-state index in [2.05, 4.69) is 0 Å². The third-order valence-electron chi connectivity index (χ3n) is 1.53. The van der Waals surface area contributed by atoms with Crippen molar-refractivity contribution in [2.24, 2.45) is 0 Å². The minimum Gasteiger partial charge on any atom is -0.298 e. The summed E-state index contributed by atoms with van der Waals surface area (Å²) in [5.74, 6) is 0. The summed E-state index contributed by atoms with van der Waals surface area (Å²) in [6, 6.07) is 6.46. The minimum absolute atomic E-state index is 0.578. The van der Waals surface area contributed by atoms with Crippen molar-refractivity contribution >= 4 is 6.29 Å². The first kappa shape index (κ1) is 7.92. The van der Waals surface area contributed by atoms with Crippen molar-refractivity contribution in [3.8, 4) is 0 Å². The highest BCUT2D eigenvalue weighted by Crippen LogP contribution is 2.15. The van der Waals surface area contributed by atoms with Crippen molar-refractivity contribution in [3.05, 3.63) is 35.4 Å². The molecule has 0 fully saturated rings. The van der Waals surface area contributed by atoms with Crippen molar-refractivity contribution in [2.45, 2.75) is 13.1 Å². The zero-order valence-electron chi connectivity index (χ0n) is 6.25. The Morgan fingerprint density at radius 1 is 1.36 bits per heavy atom. The molecule has 0 aliphatic rings. The maximum absolute atomic E-state index is 12.6. The summed E-state index contributed by atoms with van der Waals surface area (Å²) in [6.07, 6.45) is -0.220. The lowest BCUT2D eigenvalue weighted by Crippen LogP contribution is -1.85. The Morgan fingerprint density at radius 2 is 1.91 bits per heavy atom. The van der Waals surface area contributed by atoms with E-state index in [0.29, 0.717) is 11.1 Å². The summed E-state index contributed by atoms with van der Waals surface area (Å²) in [5.41, 5.74) is 1.19. The van der Waals surface area contributed by atoms with E-state index in [4.69, 9.17) is 0 Å². The van der Waals surface area contributed by atoms with E-state index in [1.807, 2.05) is 0 Å². The van der Waals surface area contributed by atoms with Gasteiger partial charge < -0.3 is 0 Å². The fourth-order valence-electron chi connectivity index (χ4n) is 0.840. The van der Waals surface area contributed by atoms with Gasteiger partial charge in [-0.15, -0.1) is 0 Å². The molecule has 0 N–H and O–H groups in total. The molecular formula is C9H9FO. The van der Waals surface area contributed by atoms with Crippen LogP contribution in [0.2, 0.25) is 0 Å². The second-order valence-corrected chi connectivity index (χ2v) is 2.40. The number of rotatable bonds is 2. The summed E-state index contributed by atoms with van der Waals surface area (Å²) in [4.78, 5) is 10.2. The Balaban J connectivity index is 2.91. The molecule has 1 atom stereocenters. The van der Waals surface area contributed by atoms with Gasteiger partial charge in [-0.25, -0.2) is 4.39 Å². The molecule has 0 aliphatic heterocycles. The Labute approximate surface area is 64.9 Å². The van der Waals surface area contributed by atoms with E-state index < -0.39 is 6.17 Å². The van der Waals surface area contributed by atoms with Gasteiger partial charge in [-0.1, -0.05) is 24.3 Å². The zero-order valence-corrected chi connectivity index (χ0v) is 6.25. The standard InChI is InChI=1S/C9H9FO/c1-7(10)9-4-2-8(6-11)3-5-9/h2-7H,1H3. The van der Waals surface area contributed by atoms with E-state index in [0.717, 1.165) is 6.29 Å². The van der Waals surface area contributed by atoms with Crippen LogP contribution in [0.5, 0.6) is 0 Å². The minimum atomic E-state index is -0.962. The molecule has 0 saturated carbocycles. The molecule has 0 saturated heterocycles. The highest BCUT2D eigenvalue weighted by Gasteiger charge is 2.00. The Hall–Kier alpha value is -1.18. The largest absolute Gasteiger partial charge is 0.298 e. The molecule has 1 rings (SSSR count). The molecular weight excluding hydrogens is 143 g/mol. The molecule has 0 heterocycles. The van der Waals surface area contributed by atoms with Gasteiger partial charge in [-0.3, -0.25) is 4.79 Å². The molecule has 1 aromatic rings. The second kappa shape index (κ2) is 3.28. The van der Waals surface area contributed by atoms with Crippen LogP contribution < -0.4 is 0 Å². The molecule has 0 aliphatic carbocycles. The van der Waals surface area contributed by atoms with Gasteiger partial charge in [-0.05, 0) is 12.5 Å². The quantitative estimate of drug-likeness (QED) is 0.595. The van der Waals surface area contributed by atoms with E-state index >= 15 is 0 Å². The molecule has 0 radical (unpaired) electrons. The van der Waals surface area contributed by atoms with Gasteiger partial charge in [-0.2, -0.15) is 0 Å². The summed E-state index contributed by atoms with van der Waals surface area (Å²) < 4.78 is 12.6. The third-order valence-corrected chi connectivity index (χ3v) is 1.53. The summed E-state index contributed by atoms with van der Waals surface area (Å²) in [6.45, 7) is 1.47. The van der Waals surface area contributed by atoms with Crippen LogP contribution in [0.3, 0.4) is 0 Å². The van der Waals surface area contributed by atoms with E-state index in [1.165, 1.54) is 6.92 Å². The highest BCUT2D eigenvalue weighted by molar-refractivity contribution is 5.74. The Morgan fingerprint density at radius 3 is 2.27 bits per heavy atom. The predicted octanol–water partition coefficient (Wildman–Crippen LogP) is 2.53. The van der Waals surface area contributed by atoms with Gasteiger partial charge >= 0.3 is 0 Å². The molecule has 0 aromatic heterocycles. The number of aldehydes is 1. The van der Waals surface area contributed by atoms with Gasteiger partial charge in [0, 0.05) is 5.56 Å². The van der Waals surface area contributed by atoms with Crippen molar-refractivity contribution in [3.63, 3.8) is 0 Å². The number of carbonyl (C=O) groups excluding carboxylic acids is 1. The van der Waals surface area contributed by atoms with Crippen LogP contribution in [-0.2, 0) is 0 Å². The fourth-order valence-corrected chi connectivity index (χ4v) is 0.840. The first-order chi connectivity index (χ1) is 5.24. The number of benzene rings is 1. The van der Waals surface area contributed by atoms with Crippen LogP contribution in [0, 0.1) is 0 Å². The van der Waals surface area contributed by atoms with E-state index in [-0.39, 0.29) is 0 Å². The first-order valence-electron chi connectivity index (χ1n) is 3.43. The fraction of sp³-hybridized carbons (Fsp3) is 0.222. The van der Waals surface area contributed by atoms with E-state index in [1.54, 1.807) is 24.3 Å². The lowest BCUT2D eigenvalue weighted by Gasteiger charge is -2.00. The van der Waals surface area contributed by atoms with Gasteiger partial charge in [0.25, 0.3) is 0 Å². The van der Waals surface area contributed by atoms with Gasteiger partial charge in [0.05, 0.1) is 0 Å². The van der Waals surface area contributed by atoms with Crippen LogP contribution in [0.15, 0.2) is 24.3 Å². The van der Waals surface area contributed by atoms with Crippen molar-refractivity contribution in [1.82, 2.24) is 0 Å². The molecule has 1 unspecified atom stereocenters. The van der Waals surface area contributed by atoms with Crippen LogP contribution in [0.25, 0.3) is 0 Å². The average molecular weight is 152 g/mol. The summed E-state index contributed by atoms with van der Waals surface area (Å²) >= 11 is 0. The number of hydrogen-bond donors (Lipinski definition) is 0. The topological polar surface area (TPSA) is 17.1 Å². The summed E-state index contributed by atoms with van der Waals surface area (Å²) in [7, 11) is 0. The SMILES string of the molecule is CC(F)c1ccc(C=O)cc1. The molecule has 0 amide bonds. The van der Waals surface area contributed by atoms with Crippen molar-refractivity contribution in [2.75, 3.05) is 0 Å². The van der Waals surface area contributed by atoms with Crippen LogP contribution in [0.1, 0.15) is 29.0 Å². The third kappa shape index (κ3) is 1.87. The molecule has 58 valence electrons. The van der Waals surface area contributed by atoms with Gasteiger partial charge in [0.2, 0.25) is 0 Å². The molecule has 0 bridgehead atoms. The van der Waals surface area contributed by atoms with Crippen LogP contribution in [0.4, 0.5) is 4.39 Å². The average Bonchev–Trinajstić information content (AvgIpc) is 2.05. The van der Waals surface area contributed by atoms with Crippen molar-refractivity contribution < 1.29 is 9.18 Å². The molecule has 2 heteroatoms. The predicted molar refractivity (Wildman–Crippen MR) is 41.4 cm³/mol. The lowest BCUT2D eigenvalue weighted by molar-refractivity contribution is 0.112. The maximum Gasteiger partial charge on any atom is 0.150 e. The molecule has 1 nitrogen and oxygen atoms in total. The molecule has 11 heavy (non-hydrogen) atoms. The van der Waals surface area contributed by atoms with Crippen LogP contribution in [-0.4, -0.2) is 6.29 Å². The monoisotopic (exact) mass is 152 g/mol. The number of alkyl halides is 1. The number of carbonyl (C=O) groups is 1. The number of halogens is 1. The normalized spacial score (nSPS) is 12.5. The maximum atomic E-state index is 12.6. The smallest absolute Gasteiger partial charge is 0.150 e. The Kier molecular flexibility index (Phi) is 2.36. The number of hydrogen-bond acceptors (Lipinski definition) is 1. The molecule has 1 aromatic carbocycles. The van der Waals surface area contributed by atoms with Crippen molar-refractivity contribution in [1.29, 1.82) is 0 Å².